The molecule has 0 bridgehead atoms. The Bertz CT molecular complexity index is 1480. The Kier molecular flexibility index (Phi) is 8.55. The van der Waals surface area contributed by atoms with Gasteiger partial charge in [0, 0.05) is 25.4 Å². The highest BCUT2D eigenvalue weighted by atomic mass is 16.5. The zero-order valence-electron chi connectivity index (χ0n) is 22.7. The Morgan fingerprint density at radius 3 is 2.26 bits per heavy atom. The van der Waals surface area contributed by atoms with Crippen LogP contribution in [0.2, 0.25) is 0 Å². The fourth-order valence-corrected chi connectivity index (χ4v) is 4.38. The number of carbonyl (C=O) groups is 2. The average Bonchev–Trinajstić information content (AvgIpc) is 3.26. The molecule has 0 fully saturated rings. The number of pyridine rings is 1. The molecule has 0 aliphatic carbocycles. The molecular weight excluding hydrogens is 500 g/mol. The van der Waals surface area contributed by atoms with E-state index in [1.807, 2.05) is 48.5 Å². The van der Waals surface area contributed by atoms with Gasteiger partial charge in [-0.2, -0.15) is 0 Å². The molecule has 2 aromatic heterocycles. The van der Waals surface area contributed by atoms with E-state index < -0.39 is 5.97 Å². The molecule has 0 unspecified atom stereocenters. The summed E-state index contributed by atoms with van der Waals surface area (Å²) in [5.41, 5.74) is 3.91. The first-order chi connectivity index (χ1) is 18.9. The molecule has 0 saturated heterocycles. The van der Waals surface area contributed by atoms with Gasteiger partial charge in [-0.15, -0.1) is 0 Å². The molecule has 10 nitrogen and oxygen atoms in total. The van der Waals surface area contributed by atoms with Crippen molar-refractivity contribution in [2.75, 3.05) is 39.1 Å². The summed E-state index contributed by atoms with van der Waals surface area (Å²) in [5.74, 6) is 1.18. The summed E-state index contributed by atoms with van der Waals surface area (Å²) in [6.07, 6.45) is 2.32. The Morgan fingerprint density at radius 1 is 0.897 bits per heavy atom. The number of anilines is 2. The van der Waals surface area contributed by atoms with Gasteiger partial charge in [0.15, 0.2) is 17.2 Å². The number of hydrogen-bond donors (Lipinski definition) is 2. The number of fused-ring (bicyclic) bond motifs is 1. The predicted octanol–water partition coefficient (Wildman–Crippen LogP) is 4.66. The summed E-state index contributed by atoms with van der Waals surface area (Å²) in [4.78, 5) is 29.7. The van der Waals surface area contributed by atoms with Crippen LogP contribution in [-0.2, 0) is 29.0 Å². The normalized spacial score (nSPS) is 10.7. The summed E-state index contributed by atoms with van der Waals surface area (Å²) in [6, 6.07) is 15.3. The van der Waals surface area contributed by atoms with E-state index in [0.717, 1.165) is 16.9 Å². The van der Waals surface area contributed by atoms with E-state index >= 15 is 0 Å². The van der Waals surface area contributed by atoms with Crippen LogP contribution in [-0.4, -0.2) is 49.9 Å². The van der Waals surface area contributed by atoms with Crippen molar-refractivity contribution in [1.82, 2.24) is 9.55 Å². The molecule has 0 saturated carbocycles. The van der Waals surface area contributed by atoms with Crippen molar-refractivity contribution >= 4 is 34.3 Å². The Balaban J connectivity index is 1.69. The second kappa shape index (κ2) is 12.2. The van der Waals surface area contributed by atoms with Crippen molar-refractivity contribution in [1.29, 1.82) is 0 Å². The first-order valence-electron chi connectivity index (χ1n) is 12.3. The molecule has 10 heteroatoms. The van der Waals surface area contributed by atoms with Crippen LogP contribution >= 0.6 is 0 Å². The summed E-state index contributed by atoms with van der Waals surface area (Å²) < 4.78 is 22.8. The number of ether oxygens (including phenoxy) is 4. The molecule has 0 atom stereocenters. The van der Waals surface area contributed by atoms with Gasteiger partial charge < -0.3 is 34.1 Å². The molecule has 1 amide bonds. The maximum atomic E-state index is 12.9. The third-order valence-electron chi connectivity index (χ3n) is 6.31. The van der Waals surface area contributed by atoms with Crippen molar-refractivity contribution in [3.63, 3.8) is 0 Å². The van der Waals surface area contributed by atoms with Crippen LogP contribution in [0.25, 0.3) is 11.0 Å². The van der Waals surface area contributed by atoms with Crippen LogP contribution in [0.4, 0.5) is 11.4 Å². The number of aryl methyl sites for hydroxylation is 2. The fourth-order valence-electron chi connectivity index (χ4n) is 4.38. The first-order valence-corrected chi connectivity index (χ1v) is 12.3. The molecule has 0 aliphatic rings. The molecule has 2 N–H and O–H groups in total. The number of hydrogen-bond acceptors (Lipinski definition) is 8. The van der Waals surface area contributed by atoms with E-state index in [4.69, 9.17) is 18.9 Å². The highest BCUT2D eigenvalue weighted by molar-refractivity contribution is 6.11. The molecule has 2 aromatic carbocycles. The monoisotopic (exact) mass is 532 g/mol. The van der Waals surface area contributed by atoms with E-state index in [-0.39, 0.29) is 11.6 Å². The van der Waals surface area contributed by atoms with Gasteiger partial charge in [0.25, 0.3) is 0 Å². The molecular formula is C29H32N4O6. The molecule has 204 valence electrons. The van der Waals surface area contributed by atoms with Gasteiger partial charge in [0.1, 0.15) is 11.4 Å². The van der Waals surface area contributed by atoms with Crippen molar-refractivity contribution in [2.24, 2.45) is 0 Å². The maximum Gasteiger partial charge on any atom is 0.356 e. The Labute approximate surface area is 226 Å². The van der Waals surface area contributed by atoms with E-state index in [0.29, 0.717) is 53.4 Å². The number of rotatable bonds is 11. The lowest BCUT2D eigenvalue weighted by molar-refractivity contribution is -0.114. The number of benzene rings is 2. The highest BCUT2D eigenvalue weighted by Gasteiger charge is 2.25. The van der Waals surface area contributed by atoms with Gasteiger partial charge in [0.05, 0.1) is 46.0 Å². The van der Waals surface area contributed by atoms with Crippen molar-refractivity contribution < 1.29 is 28.5 Å². The number of nitrogens with one attached hydrogen (secondary N) is 2. The van der Waals surface area contributed by atoms with Crippen LogP contribution in [0.1, 0.15) is 28.5 Å². The zero-order chi connectivity index (χ0) is 27.9. The van der Waals surface area contributed by atoms with Crippen LogP contribution in [0.15, 0.2) is 54.7 Å². The lowest BCUT2D eigenvalue weighted by Gasteiger charge is -2.11. The summed E-state index contributed by atoms with van der Waals surface area (Å²) in [6.45, 7) is 2.33. The van der Waals surface area contributed by atoms with Gasteiger partial charge >= 0.3 is 5.97 Å². The minimum absolute atomic E-state index is 0.237. The molecule has 4 rings (SSSR count). The average molecular weight is 533 g/mol. The van der Waals surface area contributed by atoms with Crippen molar-refractivity contribution in [3.8, 4) is 17.2 Å². The van der Waals surface area contributed by atoms with Gasteiger partial charge in [-0.1, -0.05) is 18.2 Å². The summed E-state index contributed by atoms with van der Waals surface area (Å²) in [5, 5.41) is 6.80. The third-order valence-corrected chi connectivity index (χ3v) is 6.31. The first kappa shape index (κ1) is 27.3. The number of aromatic nitrogens is 2. The standard InChI is InChI=1S/C29H32N4O6/c1-18(34)32-26-23-15-21(30-16-20-8-11-24(37-3)25(14-20)38-4)17-31-28(23)33(27(26)29(35)39-5)13-12-19-6-9-22(36-2)10-7-19/h6-11,14-15,17,30H,12-13,16H2,1-5H3,(H,32,34). The Hall–Kier alpha value is -4.73. The van der Waals surface area contributed by atoms with Crippen LogP contribution in [0, 0.1) is 0 Å². The van der Waals surface area contributed by atoms with Crippen LogP contribution in [0.3, 0.4) is 0 Å². The van der Waals surface area contributed by atoms with Crippen LogP contribution in [0.5, 0.6) is 17.2 Å². The third kappa shape index (κ3) is 6.06. The largest absolute Gasteiger partial charge is 0.497 e. The fraction of sp³-hybridized carbons (Fsp3) is 0.276. The van der Waals surface area contributed by atoms with Crippen molar-refractivity contribution in [3.05, 3.63) is 71.5 Å². The van der Waals surface area contributed by atoms with E-state index in [1.54, 1.807) is 32.1 Å². The van der Waals surface area contributed by atoms with Gasteiger partial charge in [-0.3, -0.25) is 4.79 Å². The Morgan fingerprint density at radius 2 is 1.62 bits per heavy atom. The van der Waals surface area contributed by atoms with Gasteiger partial charge in [0.2, 0.25) is 5.91 Å². The van der Waals surface area contributed by atoms with Gasteiger partial charge in [-0.25, -0.2) is 9.78 Å². The molecule has 0 radical (unpaired) electrons. The summed E-state index contributed by atoms with van der Waals surface area (Å²) in [7, 11) is 6.12. The quantitative estimate of drug-likeness (QED) is 0.268. The summed E-state index contributed by atoms with van der Waals surface area (Å²) >= 11 is 0. The smallest absolute Gasteiger partial charge is 0.356 e. The molecule has 2 heterocycles. The van der Waals surface area contributed by atoms with E-state index in [1.165, 1.54) is 14.0 Å². The maximum absolute atomic E-state index is 12.9. The molecule has 4 aromatic rings. The lowest BCUT2D eigenvalue weighted by Crippen LogP contribution is -2.16. The second-order valence-corrected chi connectivity index (χ2v) is 8.78. The number of amides is 1. The van der Waals surface area contributed by atoms with Crippen molar-refractivity contribution in [2.45, 2.75) is 26.4 Å². The van der Waals surface area contributed by atoms with Gasteiger partial charge in [-0.05, 0) is 47.9 Å². The minimum Gasteiger partial charge on any atom is -0.497 e. The molecule has 39 heavy (non-hydrogen) atoms. The molecule has 0 spiro atoms. The topological polar surface area (TPSA) is 113 Å². The second-order valence-electron chi connectivity index (χ2n) is 8.78. The SMILES string of the molecule is COC(=O)c1c(NC(C)=O)c2cc(NCc3ccc(OC)c(OC)c3)cnc2n1CCc1ccc(OC)cc1. The minimum atomic E-state index is -0.564. The molecule has 0 aliphatic heterocycles. The lowest BCUT2D eigenvalue weighted by atomic mass is 10.1. The van der Waals surface area contributed by atoms with E-state index in [9.17, 15) is 9.59 Å². The number of methoxy groups -OCH3 is 4. The van der Waals surface area contributed by atoms with Crippen LogP contribution < -0.4 is 24.8 Å². The number of nitrogens with zero attached hydrogens (tertiary/aromatic N) is 2. The zero-order valence-corrected chi connectivity index (χ0v) is 22.7. The highest BCUT2D eigenvalue weighted by Crippen LogP contribution is 2.33. The number of esters is 1. The van der Waals surface area contributed by atoms with E-state index in [2.05, 4.69) is 15.6 Å². The predicted molar refractivity (Wildman–Crippen MR) is 149 cm³/mol. The number of carbonyl (C=O) groups excluding carboxylic acids is 2.